The molecule has 0 aliphatic rings. The topological polar surface area (TPSA) is 222 Å². The van der Waals surface area contributed by atoms with E-state index in [1.54, 1.807) is 42.5 Å². The van der Waals surface area contributed by atoms with Crippen LogP contribution in [0, 0.1) is 5.41 Å². The smallest absolute Gasteiger partial charge is 0.344 e. The summed E-state index contributed by atoms with van der Waals surface area (Å²) >= 11 is 0. The molecular formula is C76H96O14S2. The molecule has 0 bridgehead atoms. The van der Waals surface area contributed by atoms with Crippen LogP contribution >= 0.6 is 0 Å². The van der Waals surface area contributed by atoms with Crippen LogP contribution in [0.25, 0.3) is 0 Å². The molecule has 0 heterocycles. The number of ether oxygens (including phenoxy) is 5. The molecule has 16 heteroatoms. The van der Waals surface area contributed by atoms with E-state index in [-0.39, 0.29) is 64.4 Å². The van der Waals surface area contributed by atoms with E-state index in [4.69, 9.17) is 33.9 Å². The largest absolute Gasteiger partial charge is 0.744 e. The van der Waals surface area contributed by atoms with Gasteiger partial charge in [0.1, 0.15) is 15.9 Å². The minimum atomic E-state index is -4.74. The maximum Gasteiger partial charge on any atom is 0.344 e. The Morgan fingerprint density at radius 3 is 1.27 bits per heavy atom. The van der Waals surface area contributed by atoms with Gasteiger partial charge in [0.25, 0.3) is 0 Å². The number of aliphatic hydroxyl groups is 1. The first-order valence-electron chi connectivity index (χ1n) is 31.4. The Morgan fingerprint density at radius 1 is 0.489 bits per heavy atom. The van der Waals surface area contributed by atoms with Crippen LogP contribution in [0.3, 0.4) is 0 Å². The maximum absolute atomic E-state index is 12.1. The third-order valence-electron chi connectivity index (χ3n) is 15.1. The molecule has 8 rings (SSSR count). The summed E-state index contributed by atoms with van der Waals surface area (Å²) in [7, 11) is -4.76. The van der Waals surface area contributed by atoms with E-state index in [0.29, 0.717) is 47.5 Å². The number of aliphatic hydroxyl groups excluding tert-OH is 1. The predicted octanol–water partition coefficient (Wildman–Crippen LogP) is 18.0. The summed E-state index contributed by atoms with van der Waals surface area (Å²) in [6.07, 6.45) is 3.21. The summed E-state index contributed by atoms with van der Waals surface area (Å²) in [5, 5.41) is 47.2. The second-order valence-corrected chi connectivity index (χ2v) is 26.5. The van der Waals surface area contributed by atoms with Gasteiger partial charge in [0.05, 0.1) is 34.6 Å². The van der Waals surface area contributed by atoms with E-state index in [9.17, 15) is 33.1 Å². The van der Waals surface area contributed by atoms with Crippen molar-refractivity contribution in [2.24, 2.45) is 5.41 Å². The zero-order chi connectivity index (χ0) is 68.0. The number of esters is 1. The Balaban J connectivity index is 0.000000249. The van der Waals surface area contributed by atoms with Crippen LogP contribution < -0.4 is 14.2 Å². The Hall–Kier alpha value is -7.83. The maximum atomic E-state index is 12.1. The summed E-state index contributed by atoms with van der Waals surface area (Å²) in [4.78, 5) is 15.6. The minimum Gasteiger partial charge on any atom is -0.744 e. The second-order valence-electron chi connectivity index (χ2n) is 23.1. The van der Waals surface area contributed by atoms with Crippen molar-refractivity contribution in [3.05, 3.63) is 222 Å². The Kier molecular flexibility index (Phi) is 32.4. The van der Waals surface area contributed by atoms with Gasteiger partial charge in [0.2, 0.25) is 6.29 Å². The van der Waals surface area contributed by atoms with Crippen LogP contribution in [0.4, 0.5) is 0 Å². The summed E-state index contributed by atoms with van der Waals surface area (Å²) in [6, 6.07) is 60.4. The summed E-state index contributed by atoms with van der Waals surface area (Å²) in [5.41, 5.74) is 3.86. The van der Waals surface area contributed by atoms with Gasteiger partial charge in [-0.1, -0.05) is 173 Å². The van der Waals surface area contributed by atoms with Crippen LogP contribution in [-0.4, -0.2) is 76.9 Å². The monoisotopic (exact) mass is 1300 g/mol. The van der Waals surface area contributed by atoms with Gasteiger partial charge in [0, 0.05) is 12.0 Å². The van der Waals surface area contributed by atoms with Gasteiger partial charge in [-0.15, -0.1) is 0 Å². The lowest BCUT2D eigenvalue weighted by atomic mass is 9.95. The fourth-order valence-corrected chi connectivity index (χ4v) is 11.6. The number of aromatic hydroxyl groups is 4. The first kappa shape index (κ1) is 76.6. The van der Waals surface area contributed by atoms with Gasteiger partial charge in [0.15, 0.2) is 55.5 Å². The number of phenolic OH excluding ortho intramolecular Hbond substituents is 4. The molecule has 0 amide bonds. The molecule has 0 aliphatic carbocycles. The Labute approximate surface area is 549 Å². The van der Waals surface area contributed by atoms with Crippen molar-refractivity contribution in [3.63, 3.8) is 0 Å². The van der Waals surface area contributed by atoms with E-state index in [1.807, 2.05) is 65.0 Å². The molecule has 0 aliphatic heterocycles. The molecule has 5 N–H and O–H groups in total. The lowest BCUT2D eigenvalue weighted by Crippen LogP contribution is -2.35. The zero-order valence-corrected chi connectivity index (χ0v) is 57.2. The summed E-state index contributed by atoms with van der Waals surface area (Å²) in [5.74, 6) is 2.16. The molecule has 0 saturated carbocycles. The molecule has 0 spiro atoms. The van der Waals surface area contributed by atoms with Crippen molar-refractivity contribution in [2.75, 3.05) is 19.8 Å². The van der Waals surface area contributed by atoms with Crippen LogP contribution in [0.15, 0.2) is 214 Å². The highest BCUT2D eigenvalue weighted by molar-refractivity contribution is 7.97. The van der Waals surface area contributed by atoms with Gasteiger partial charge in [-0.25, -0.2) is 13.2 Å². The third kappa shape index (κ3) is 25.0. The van der Waals surface area contributed by atoms with Crippen LogP contribution in [0.5, 0.6) is 40.2 Å². The van der Waals surface area contributed by atoms with E-state index in [0.717, 1.165) is 54.0 Å². The average Bonchev–Trinajstić information content (AvgIpc) is 0.963. The molecule has 14 nitrogen and oxygen atoms in total. The highest BCUT2D eigenvalue weighted by Gasteiger charge is 2.29. The van der Waals surface area contributed by atoms with Crippen molar-refractivity contribution in [2.45, 2.75) is 172 Å². The number of rotatable bonds is 23. The quantitative estimate of drug-likeness (QED) is 0.0100. The van der Waals surface area contributed by atoms with E-state index >= 15 is 0 Å². The summed E-state index contributed by atoms with van der Waals surface area (Å²) < 4.78 is 60.8. The standard InChI is InChI=1S/C18H15S.C17H18O5S.C17H28O4.C14H22O3.C10H14O2/c1-4-10-16(11-5-1)19(17-12-6-2-7-13-17)18-14-8-3-9-15-18;1-3-12(2)13-8-10-14(11-9-13)22-17(18)15-6-4-5-7-16(15)23(19,20)21;1-6-12(2)13-7-8-15(14(19)11-13)21-16(17(3,4)5)20-10-9-18;1-5-10(3)12-7-8-14(13(15)9-12)17-11(4)16-6-2;1-3-7(2)8-4-5-9(11)10(12)6-8/h1-15H;4-12H,3H2,1-2H3,(H,19,20,21);7-8,11-12,16,18-19H,6,9-10H2,1-5H3;7-11,15H,5-6H2,1-4H3;4-7,11-12H,3H2,1-2H3/q+1;;;;/p-1. The molecule has 496 valence electrons. The SMILES string of the molecule is CCC(C)c1ccc(O)c(O)c1.CCC(C)c1ccc(OC(=O)c2ccccc2S(=O)(=O)[O-])cc1.CCC(C)c1ccc(OC(OCCO)C(C)(C)C)c(O)c1.CCOC(C)Oc1ccc(C(C)CC)cc1O.c1ccc([S+](c2ccccc2)c2ccccc2)cc1. The third-order valence-corrected chi connectivity index (χ3v) is 18.2. The van der Waals surface area contributed by atoms with Crippen molar-refractivity contribution < 1.29 is 67.0 Å². The molecular weight excluding hydrogens is 1200 g/mol. The second kappa shape index (κ2) is 38.9. The highest BCUT2D eigenvalue weighted by atomic mass is 32.2. The first-order chi connectivity index (χ1) is 43.8. The molecule has 6 unspecified atom stereocenters. The predicted molar refractivity (Wildman–Crippen MR) is 367 cm³/mol. The van der Waals surface area contributed by atoms with Crippen LogP contribution in [0.1, 0.15) is 172 Å². The van der Waals surface area contributed by atoms with E-state index in [1.165, 1.54) is 39.0 Å². The van der Waals surface area contributed by atoms with Gasteiger partial charge in [-0.05, 0) is 183 Å². The van der Waals surface area contributed by atoms with Gasteiger partial charge >= 0.3 is 5.97 Å². The number of carbonyl (C=O) groups is 1. The lowest BCUT2D eigenvalue weighted by Gasteiger charge is -2.31. The molecule has 0 fully saturated rings. The Bertz CT molecular complexity index is 3430. The first-order valence-corrected chi connectivity index (χ1v) is 34.0. The Morgan fingerprint density at radius 2 is 0.880 bits per heavy atom. The van der Waals surface area contributed by atoms with Crippen molar-refractivity contribution >= 4 is 27.0 Å². The van der Waals surface area contributed by atoms with E-state index in [2.05, 4.69) is 146 Å². The van der Waals surface area contributed by atoms with Gasteiger partial charge in [-0.2, -0.15) is 0 Å². The number of benzene rings is 8. The van der Waals surface area contributed by atoms with Gasteiger partial charge < -0.3 is 53.8 Å². The molecule has 6 atom stereocenters. The molecule has 92 heavy (non-hydrogen) atoms. The molecule has 0 saturated heterocycles. The highest BCUT2D eigenvalue weighted by Crippen LogP contribution is 2.36. The molecule has 0 radical (unpaired) electrons. The molecule has 8 aromatic carbocycles. The molecule has 0 aromatic heterocycles. The zero-order valence-electron chi connectivity index (χ0n) is 55.6. The van der Waals surface area contributed by atoms with Crippen LogP contribution in [-0.2, 0) is 30.5 Å². The number of carbonyl (C=O) groups excluding carboxylic acids is 1. The normalized spacial score (nSPS) is 13.0. The lowest BCUT2D eigenvalue weighted by molar-refractivity contribution is -0.147. The fourth-order valence-electron chi connectivity index (χ4n) is 8.81. The van der Waals surface area contributed by atoms with Crippen molar-refractivity contribution in [1.82, 2.24) is 0 Å². The molecule has 8 aromatic rings. The number of hydrogen-bond acceptors (Lipinski definition) is 14. The minimum absolute atomic E-state index is 0.0146. The number of phenols is 4. The van der Waals surface area contributed by atoms with Gasteiger partial charge in [-0.3, -0.25) is 0 Å². The fraction of sp³-hybridized carbons (Fsp3) is 0.355. The van der Waals surface area contributed by atoms with E-state index < -0.39 is 27.3 Å². The van der Waals surface area contributed by atoms with Crippen LogP contribution in [0.2, 0.25) is 0 Å². The average molecular weight is 1300 g/mol. The van der Waals surface area contributed by atoms with Crippen molar-refractivity contribution in [1.29, 1.82) is 0 Å². The summed E-state index contributed by atoms with van der Waals surface area (Å²) in [6.45, 7) is 27.3. The van der Waals surface area contributed by atoms with Crippen molar-refractivity contribution in [3.8, 4) is 40.2 Å². The number of hydrogen-bond donors (Lipinski definition) is 5.